The van der Waals surface area contributed by atoms with Crippen molar-refractivity contribution in [3.63, 3.8) is 0 Å². The Hall–Kier alpha value is -2.54. The Balaban J connectivity index is 2.06. The highest BCUT2D eigenvalue weighted by atomic mass is 16.3. The second-order valence-electron chi connectivity index (χ2n) is 6.54. The lowest BCUT2D eigenvalue weighted by Gasteiger charge is -2.09. The van der Waals surface area contributed by atoms with Crippen molar-refractivity contribution in [2.75, 3.05) is 0 Å². The molecule has 1 aromatic heterocycles. The topological polar surface area (TPSA) is 13.1 Å². The molecule has 0 atom stereocenters. The fourth-order valence-corrected chi connectivity index (χ4v) is 4.52. The van der Waals surface area contributed by atoms with Crippen LogP contribution >= 0.6 is 0 Å². The highest BCUT2D eigenvalue weighted by Gasteiger charge is 2.24. The summed E-state index contributed by atoms with van der Waals surface area (Å²) in [6.07, 6.45) is 2.32. The van der Waals surface area contributed by atoms with E-state index >= 15 is 0 Å². The van der Waals surface area contributed by atoms with E-state index in [1.807, 2.05) is 0 Å². The van der Waals surface area contributed by atoms with Gasteiger partial charge in [-0.2, -0.15) is 0 Å². The summed E-state index contributed by atoms with van der Waals surface area (Å²) >= 11 is 0. The average Bonchev–Trinajstić information content (AvgIpc) is 3.14. The number of hydrogen-bond donors (Lipinski definition) is 0. The van der Waals surface area contributed by atoms with Gasteiger partial charge in [0.05, 0.1) is 0 Å². The summed E-state index contributed by atoms with van der Waals surface area (Å²) in [7, 11) is 0. The van der Waals surface area contributed by atoms with Crippen LogP contribution in [-0.4, -0.2) is 0 Å². The Kier molecular flexibility index (Phi) is 1.73. The van der Waals surface area contributed by atoms with Crippen LogP contribution in [0.1, 0.15) is 16.7 Å². The van der Waals surface area contributed by atoms with Crippen LogP contribution in [0, 0.1) is 6.92 Å². The molecular formula is C21H14O. The van der Waals surface area contributed by atoms with Crippen molar-refractivity contribution in [1.82, 2.24) is 0 Å². The SMILES string of the molecule is Cc1ccc2c3c1CCc3c1ccc3cccc4oc2c1c34. The number of aryl methyl sites for hydroxylation is 3. The average molecular weight is 282 g/mol. The lowest BCUT2D eigenvalue weighted by atomic mass is 9.93. The molecule has 6 rings (SSSR count). The molecule has 0 unspecified atom stereocenters. The molecular weight excluding hydrogens is 268 g/mol. The van der Waals surface area contributed by atoms with Crippen molar-refractivity contribution in [1.29, 1.82) is 0 Å². The van der Waals surface area contributed by atoms with Crippen LogP contribution in [0.3, 0.4) is 0 Å². The van der Waals surface area contributed by atoms with Crippen molar-refractivity contribution in [2.24, 2.45) is 0 Å². The molecule has 104 valence electrons. The van der Waals surface area contributed by atoms with Crippen LogP contribution in [0.4, 0.5) is 0 Å². The first kappa shape index (κ1) is 11.1. The van der Waals surface area contributed by atoms with Gasteiger partial charge in [0, 0.05) is 16.2 Å². The largest absolute Gasteiger partial charge is 0.455 e. The number of hydrogen-bond acceptors (Lipinski definition) is 1. The number of rotatable bonds is 0. The summed E-state index contributed by atoms with van der Waals surface area (Å²) in [6.45, 7) is 2.23. The van der Waals surface area contributed by atoms with Gasteiger partial charge in [-0.05, 0) is 58.7 Å². The van der Waals surface area contributed by atoms with Crippen LogP contribution in [0.25, 0.3) is 43.5 Å². The van der Waals surface area contributed by atoms with E-state index in [0.717, 1.165) is 24.0 Å². The molecule has 1 nitrogen and oxygen atoms in total. The zero-order chi connectivity index (χ0) is 14.4. The Morgan fingerprint density at radius 1 is 0.773 bits per heavy atom. The van der Waals surface area contributed by atoms with Gasteiger partial charge in [-0.3, -0.25) is 0 Å². The van der Waals surface area contributed by atoms with Crippen molar-refractivity contribution in [2.45, 2.75) is 19.8 Å². The summed E-state index contributed by atoms with van der Waals surface area (Å²) in [5.74, 6) is 0. The summed E-state index contributed by atoms with van der Waals surface area (Å²) in [5.41, 5.74) is 6.54. The second kappa shape index (κ2) is 3.44. The van der Waals surface area contributed by atoms with Crippen LogP contribution in [-0.2, 0) is 12.8 Å². The minimum absolute atomic E-state index is 1.01. The Morgan fingerprint density at radius 2 is 1.64 bits per heavy atom. The van der Waals surface area contributed by atoms with Gasteiger partial charge >= 0.3 is 0 Å². The van der Waals surface area contributed by atoms with Crippen LogP contribution in [0.2, 0.25) is 0 Å². The van der Waals surface area contributed by atoms with E-state index in [2.05, 4.69) is 49.4 Å². The first-order valence-electron chi connectivity index (χ1n) is 7.93. The Labute approximate surface area is 127 Å². The quantitative estimate of drug-likeness (QED) is 0.261. The predicted molar refractivity (Wildman–Crippen MR) is 92.1 cm³/mol. The van der Waals surface area contributed by atoms with Gasteiger partial charge < -0.3 is 4.42 Å². The highest BCUT2D eigenvalue weighted by molar-refractivity contribution is 6.29. The van der Waals surface area contributed by atoms with E-state index in [1.54, 1.807) is 0 Å². The van der Waals surface area contributed by atoms with E-state index in [-0.39, 0.29) is 0 Å². The molecule has 0 amide bonds. The third-order valence-corrected chi connectivity index (χ3v) is 5.49. The molecule has 1 aliphatic rings. The van der Waals surface area contributed by atoms with E-state index < -0.39 is 0 Å². The van der Waals surface area contributed by atoms with Crippen molar-refractivity contribution < 1.29 is 4.42 Å². The van der Waals surface area contributed by atoms with Crippen molar-refractivity contribution in [3.05, 3.63) is 59.2 Å². The van der Waals surface area contributed by atoms with Gasteiger partial charge in [0.2, 0.25) is 0 Å². The van der Waals surface area contributed by atoms with Crippen LogP contribution in [0.5, 0.6) is 0 Å². The third-order valence-electron chi connectivity index (χ3n) is 5.49. The zero-order valence-corrected chi connectivity index (χ0v) is 12.4. The minimum atomic E-state index is 1.01. The summed E-state index contributed by atoms with van der Waals surface area (Å²) in [4.78, 5) is 0. The molecule has 22 heavy (non-hydrogen) atoms. The molecule has 1 heteroatoms. The first-order chi connectivity index (χ1) is 10.8. The van der Waals surface area contributed by atoms with Gasteiger partial charge in [-0.1, -0.05) is 36.4 Å². The molecule has 0 saturated heterocycles. The lowest BCUT2D eigenvalue weighted by molar-refractivity contribution is 0.673. The van der Waals surface area contributed by atoms with Crippen molar-refractivity contribution in [3.8, 4) is 0 Å². The first-order valence-corrected chi connectivity index (χ1v) is 7.93. The predicted octanol–water partition coefficient (Wildman–Crippen LogP) is 5.74. The molecule has 0 fully saturated rings. The molecule has 0 N–H and O–H groups in total. The molecule has 0 aliphatic heterocycles. The normalized spacial score (nSPS) is 14.2. The van der Waals surface area contributed by atoms with E-state index in [0.29, 0.717) is 0 Å². The molecule has 0 bridgehead atoms. The number of benzene rings is 4. The highest BCUT2D eigenvalue weighted by Crippen LogP contribution is 2.46. The number of fused-ring (bicyclic) bond motifs is 2. The Bertz CT molecular complexity index is 1220. The van der Waals surface area contributed by atoms with Gasteiger partial charge in [-0.25, -0.2) is 0 Å². The summed E-state index contributed by atoms with van der Waals surface area (Å²) in [5, 5.41) is 8.04. The molecule has 1 heterocycles. The lowest BCUT2D eigenvalue weighted by Crippen LogP contribution is -1.86. The van der Waals surface area contributed by atoms with E-state index in [1.165, 1.54) is 49.0 Å². The molecule has 1 aliphatic carbocycles. The second-order valence-corrected chi connectivity index (χ2v) is 6.54. The van der Waals surface area contributed by atoms with E-state index in [9.17, 15) is 0 Å². The molecule has 4 aromatic carbocycles. The van der Waals surface area contributed by atoms with Crippen LogP contribution in [0.15, 0.2) is 46.9 Å². The standard InChI is InChI=1S/C21H14O/c1-11-5-7-16-19-13(11)9-10-14(19)15-8-6-12-3-2-4-17-18(12)20(15)21(16)22-17/h2-8H,9-10H2,1H3. The van der Waals surface area contributed by atoms with Gasteiger partial charge in [-0.15, -0.1) is 0 Å². The van der Waals surface area contributed by atoms with Gasteiger partial charge in [0.25, 0.3) is 0 Å². The van der Waals surface area contributed by atoms with Gasteiger partial charge in [0.1, 0.15) is 11.2 Å². The molecule has 5 aromatic rings. The molecule has 0 spiro atoms. The molecule has 0 radical (unpaired) electrons. The van der Waals surface area contributed by atoms with Gasteiger partial charge in [0.15, 0.2) is 0 Å². The monoisotopic (exact) mass is 282 g/mol. The zero-order valence-electron chi connectivity index (χ0n) is 12.4. The summed E-state index contributed by atoms with van der Waals surface area (Å²) < 4.78 is 6.31. The smallest absolute Gasteiger partial charge is 0.143 e. The third kappa shape index (κ3) is 1.07. The Morgan fingerprint density at radius 3 is 2.59 bits per heavy atom. The van der Waals surface area contributed by atoms with E-state index in [4.69, 9.17) is 4.42 Å². The molecule has 0 saturated carbocycles. The number of furan rings is 1. The maximum atomic E-state index is 6.31. The minimum Gasteiger partial charge on any atom is -0.455 e. The van der Waals surface area contributed by atoms with Crippen LogP contribution < -0.4 is 0 Å². The maximum absolute atomic E-state index is 6.31. The fraction of sp³-hybridized carbons (Fsp3) is 0.143. The summed E-state index contributed by atoms with van der Waals surface area (Å²) in [6, 6.07) is 15.4. The van der Waals surface area contributed by atoms with Crippen molar-refractivity contribution >= 4 is 43.5 Å². The fourth-order valence-electron chi connectivity index (χ4n) is 4.52. The maximum Gasteiger partial charge on any atom is 0.143 e.